The Bertz CT molecular complexity index is 1320. The van der Waals surface area contributed by atoms with Crippen molar-refractivity contribution in [3.63, 3.8) is 0 Å². The van der Waals surface area contributed by atoms with Crippen LogP contribution in [0.3, 0.4) is 0 Å². The van der Waals surface area contributed by atoms with Crippen LogP contribution in [0.25, 0.3) is 0 Å². The first-order chi connectivity index (χ1) is 18.9. The minimum absolute atomic E-state index is 0.0913. The fourth-order valence-electron chi connectivity index (χ4n) is 4.23. The topological polar surface area (TPSA) is 90.9 Å². The third-order valence-electron chi connectivity index (χ3n) is 6.12. The van der Waals surface area contributed by atoms with Crippen molar-refractivity contribution in [2.75, 3.05) is 12.9 Å². The average molecular weight is 564 g/mol. The maximum atomic E-state index is 13.6. The molecule has 4 rings (SSSR count). The summed E-state index contributed by atoms with van der Waals surface area (Å²) in [6.07, 6.45) is 0. The summed E-state index contributed by atoms with van der Waals surface area (Å²) < 4.78 is 16.3. The van der Waals surface area contributed by atoms with E-state index in [4.69, 9.17) is 14.2 Å². The number of ether oxygens (including phenoxy) is 3. The molecule has 1 aromatic heterocycles. The standard InChI is InChI=1S/C30H29NO6S2/c1-19-25(29(33)36-16-21-10-6-4-7-11-21)27(28-23(14-15-38-28)39-18-24(32)35-3)26(20(2)31-19)30(34)37-17-22-12-8-5-9-13-22/h4-15,27,31H,16-18H2,1-3H3. The number of carbonyl (C=O) groups is 3. The molecule has 0 saturated carbocycles. The number of allylic oxidation sites excluding steroid dienone is 2. The van der Waals surface area contributed by atoms with Crippen LogP contribution in [-0.2, 0) is 41.8 Å². The molecule has 0 saturated heterocycles. The van der Waals surface area contributed by atoms with Crippen LogP contribution in [0.15, 0.2) is 99.5 Å². The van der Waals surface area contributed by atoms with E-state index in [2.05, 4.69) is 5.32 Å². The maximum Gasteiger partial charge on any atom is 0.337 e. The number of rotatable bonds is 10. The molecule has 0 aliphatic carbocycles. The molecule has 2 aromatic carbocycles. The zero-order chi connectivity index (χ0) is 27.8. The Morgan fingerprint density at radius 3 is 1.82 bits per heavy atom. The molecule has 0 amide bonds. The van der Waals surface area contributed by atoms with Crippen molar-refractivity contribution in [3.8, 4) is 0 Å². The van der Waals surface area contributed by atoms with Gasteiger partial charge in [0.05, 0.1) is 29.9 Å². The van der Waals surface area contributed by atoms with Gasteiger partial charge in [-0.1, -0.05) is 60.7 Å². The smallest absolute Gasteiger partial charge is 0.337 e. The second-order valence-electron chi connectivity index (χ2n) is 8.77. The first kappa shape index (κ1) is 28.2. The molecule has 0 spiro atoms. The van der Waals surface area contributed by atoms with Gasteiger partial charge in [0.2, 0.25) is 0 Å². The van der Waals surface area contributed by atoms with E-state index in [0.717, 1.165) is 20.9 Å². The minimum Gasteiger partial charge on any atom is -0.468 e. The Kier molecular flexibility index (Phi) is 9.62. The number of hydrogen-bond donors (Lipinski definition) is 1. The molecule has 1 aliphatic heterocycles. The molecule has 202 valence electrons. The summed E-state index contributed by atoms with van der Waals surface area (Å²) in [6, 6.07) is 20.7. The molecule has 39 heavy (non-hydrogen) atoms. The predicted molar refractivity (Wildman–Crippen MR) is 151 cm³/mol. The Hall–Kier alpha value is -3.82. The van der Waals surface area contributed by atoms with Crippen molar-refractivity contribution >= 4 is 41.0 Å². The molecule has 0 fully saturated rings. The molecule has 9 heteroatoms. The summed E-state index contributed by atoms with van der Waals surface area (Å²) in [6.45, 7) is 3.76. The first-order valence-corrected chi connectivity index (χ1v) is 14.1. The second-order valence-corrected chi connectivity index (χ2v) is 10.7. The Balaban J connectivity index is 1.68. The van der Waals surface area contributed by atoms with Crippen LogP contribution in [0, 0.1) is 0 Å². The van der Waals surface area contributed by atoms with Gasteiger partial charge in [-0.25, -0.2) is 9.59 Å². The van der Waals surface area contributed by atoms with E-state index >= 15 is 0 Å². The van der Waals surface area contributed by atoms with Gasteiger partial charge >= 0.3 is 17.9 Å². The van der Waals surface area contributed by atoms with Gasteiger partial charge in [-0.05, 0) is 36.4 Å². The zero-order valence-corrected chi connectivity index (χ0v) is 23.5. The fraction of sp³-hybridized carbons (Fsp3) is 0.233. The molecule has 2 heterocycles. The summed E-state index contributed by atoms with van der Waals surface area (Å²) in [4.78, 5) is 40.6. The number of thioether (sulfide) groups is 1. The van der Waals surface area contributed by atoms with E-state index in [9.17, 15) is 14.4 Å². The molecule has 0 bridgehead atoms. The lowest BCUT2D eigenvalue weighted by Crippen LogP contribution is -2.32. The highest BCUT2D eigenvalue weighted by Gasteiger charge is 2.40. The number of nitrogens with one attached hydrogen (secondary N) is 1. The van der Waals surface area contributed by atoms with Crippen molar-refractivity contribution in [2.24, 2.45) is 0 Å². The Labute approximate surface area is 235 Å². The summed E-state index contributed by atoms with van der Waals surface area (Å²) in [7, 11) is 1.34. The van der Waals surface area contributed by atoms with Gasteiger partial charge in [0.1, 0.15) is 13.2 Å². The maximum absolute atomic E-state index is 13.6. The highest BCUT2D eigenvalue weighted by atomic mass is 32.2. The molecule has 0 radical (unpaired) electrons. The quantitative estimate of drug-likeness (QED) is 0.190. The van der Waals surface area contributed by atoms with E-state index < -0.39 is 17.9 Å². The average Bonchev–Trinajstić information content (AvgIpc) is 3.42. The summed E-state index contributed by atoms with van der Waals surface area (Å²) in [5.41, 5.74) is 3.53. The van der Waals surface area contributed by atoms with Crippen molar-refractivity contribution in [3.05, 3.63) is 111 Å². The third-order valence-corrected chi connectivity index (χ3v) is 8.28. The molecule has 3 aromatic rings. The lowest BCUT2D eigenvalue weighted by Gasteiger charge is -2.30. The van der Waals surface area contributed by atoms with Crippen LogP contribution < -0.4 is 5.32 Å². The van der Waals surface area contributed by atoms with Crippen LogP contribution in [-0.4, -0.2) is 30.8 Å². The molecule has 1 N–H and O–H groups in total. The third kappa shape index (κ3) is 6.99. The predicted octanol–water partition coefficient (Wildman–Crippen LogP) is 5.73. The molecule has 0 atom stereocenters. The van der Waals surface area contributed by atoms with Gasteiger partial charge < -0.3 is 19.5 Å². The number of hydrogen-bond acceptors (Lipinski definition) is 9. The fourth-order valence-corrected chi connectivity index (χ4v) is 6.36. The van der Waals surface area contributed by atoms with Gasteiger partial charge in [-0.2, -0.15) is 0 Å². The molecule has 7 nitrogen and oxygen atoms in total. The SMILES string of the molecule is COC(=O)CSc1ccsc1C1C(C(=O)OCc2ccccc2)=C(C)NC(C)=C1C(=O)OCc1ccccc1. The zero-order valence-electron chi connectivity index (χ0n) is 21.9. The van der Waals surface area contributed by atoms with Gasteiger partial charge in [0, 0.05) is 21.2 Å². The largest absolute Gasteiger partial charge is 0.468 e. The number of dihydropyridines is 1. The van der Waals surface area contributed by atoms with Crippen LogP contribution in [0.5, 0.6) is 0 Å². The van der Waals surface area contributed by atoms with Gasteiger partial charge in [0.15, 0.2) is 0 Å². The number of carbonyl (C=O) groups excluding carboxylic acids is 3. The lowest BCUT2D eigenvalue weighted by molar-refractivity contribution is -0.141. The van der Waals surface area contributed by atoms with Crippen molar-refractivity contribution in [1.82, 2.24) is 5.32 Å². The van der Waals surface area contributed by atoms with E-state index in [1.54, 1.807) is 13.8 Å². The number of methoxy groups -OCH3 is 1. The highest BCUT2D eigenvalue weighted by Crippen LogP contribution is 2.45. The van der Waals surface area contributed by atoms with Crippen molar-refractivity contribution < 1.29 is 28.6 Å². The summed E-state index contributed by atoms with van der Waals surface area (Å²) >= 11 is 2.70. The Morgan fingerprint density at radius 1 is 0.821 bits per heavy atom. The van der Waals surface area contributed by atoms with Crippen LogP contribution >= 0.6 is 23.1 Å². The van der Waals surface area contributed by atoms with E-state index in [1.165, 1.54) is 30.2 Å². The van der Waals surface area contributed by atoms with Crippen LogP contribution in [0.1, 0.15) is 35.8 Å². The normalized spacial score (nSPS) is 13.6. The number of thiophene rings is 1. The summed E-state index contributed by atoms with van der Waals surface area (Å²) in [5.74, 6) is -2.08. The van der Waals surface area contributed by atoms with Gasteiger partial charge in [-0.15, -0.1) is 23.1 Å². The van der Waals surface area contributed by atoms with E-state index in [1.807, 2.05) is 72.1 Å². The highest BCUT2D eigenvalue weighted by molar-refractivity contribution is 8.00. The second kappa shape index (κ2) is 13.3. The van der Waals surface area contributed by atoms with Crippen LogP contribution in [0.4, 0.5) is 0 Å². The number of esters is 3. The molecular weight excluding hydrogens is 534 g/mol. The molecule has 0 unspecified atom stereocenters. The van der Waals surface area contributed by atoms with Crippen molar-refractivity contribution in [2.45, 2.75) is 37.9 Å². The van der Waals surface area contributed by atoms with E-state index in [0.29, 0.717) is 22.5 Å². The molecular formula is C30H29NO6S2. The monoisotopic (exact) mass is 563 g/mol. The lowest BCUT2D eigenvalue weighted by atomic mass is 9.84. The number of benzene rings is 2. The Morgan fingerprint density at radius 2 is 1.33 bits per heavy atom. The molecule has 1 aliphatic rings. The summed E-state index contributed by atoms with van der Waals surface area (Å²) in [5, 5.41) is 5.07. The van der Waals surface area contributed by atoms with E-state index in [-0.39, 0.29) is 24.9 Å². The van der Waals surface area contributed by atoms with Gasteiger partial charge in [-0.3, -0.25) is 4.79 Å². The van der Waals surface area contributed by atoms with Gasteiger partial charge in [0.25, 0.3) is 0 Å². The van der Waals surface area contributed by atoms with Crippen LogP contribution in [0.2, 0.25) is 0 Å². The minimum atomic E-state index is -0.738. The van der Waals surface area contributed by atoms with Crippen molar-refractivity contribution in [1.29, 1.82) is 0 Å². The first-order valence-electron chi connectivity index (χ1n) is 12.3.